The van der Waals surface area contributed by atoms with Crippen molar-refractivity contribution in [1.82, 2.24) is 4.90 Å². The molecule has 0 bridgehead atoms. The third-order valence-electron chi connectivity index (χ3n) is 4.72. The Morgan fingerprint density at radius 2 is 1.93 bits per heavy atom. The van der Waals surface area contributed by atoms with Crippen molar-refractivity contribution < 1.29 is 19.1 Å². The normalized spacial score (nSPS) is 16.1. The molecule has 2 aromatic carbocycles. The lowest BCUT2D eigenvalue weighted by Gasteiger charge is -2.17. The van der Waals surface area contributed by atoms with Crippen molar-refractivity contribution in [2.45, 2.75) is 26.8 Å². The number of hydrogen-bond donors (Lipinski definition) is 1. The molecule has 1 N–H and O–H groups in total. The zero-order chi connectivity index (χ0) is 20.1. The van der Waals surface area contributed by atoms with Crippen LogP contribution in [-0.2, 0) is 20.9 Å². The smallest absolute Gasteiger partial charge is 0.338 e. The second kappa shape index (κ2) is 8.69. The number of rotatable bonds is 6. The highest BCUT2D eigenvalue weighted by Gasteiger charge is 2.34. The van der Waals surface area contributed by atoms with Gasteiger partial charge < -0.3 is 15.0 Å². The highest BCUT2D eigenvalue weighted by atomic mass is 16.5. The first-order valence-electron chi connectivity index (χ1n) is 9.37. The molecule has 0 aromatic heterocycles. The average molecular weight is 380 g/mol. The van der Waals surface area contributed by atoms with Gasteiger partial charge in [-0.3, -0.25) is 9.59 Å². The minimum Gasteiger partial charge on any atom is -0.462 e. The van der Waals surface area contributed by atoms with E-state index in [1.807, 2.05) is 31.2 Å². The molecule has 1 heterocycles. The molecule has 1 saturated heterocycles. The molecule has 0 spiro atoms. The first kappa shape index (κ1) is 19.6. The maximum absolute atomic E-state index is 12.6. The van der Waals surface area contributed by atoms with E-state index in [0.29, 0.717) is 24.3 Å². The van der Waals surface area contributed by atoms with Gasteiger partial charge in [0.2, 0.25) is 11.8 Å². The second-order valence-electron chi connectivity index (χ2n) is 6.95. The Bertz CT molecular complexity index is 876. The molecule has 28 heavy (non-hydrogen) atoms. The van der Waals surface area contributed by atoms with Crippen LogP contribution in [0.4, 0.5) is 5.69 Å². The van der Waals surface area contributed by atoms with Crippen LogP contribution in [0.25, 0.3) is 0 Å². The maximum atomic E-state index is 12.6. The summed E-state index contributed by atoms with van der Waals surface area (Å²) in [4.78, 5) is 38.5. The van der Waals surface area contributed by atoms with Crippen molar-refractivity contribution in [3.8, 4) is 0 Å². The molecule has 0 saturated carbocycles. The van der Waals surface area contributed by atoms with Crippen LogP contribution in [0, 0.1) is 12.8 Å². The van der Waals surface area contributed by atoms with Gasteiger partial charge in [-0.25, -0.2) is 4.79 Å². The Labute approximate surface area is 164 Å². The molecular formula is C22H24N2O4. The summed E-state index contributed by atoms with van der Waals surface area (Å²) < 4.78 is 4.98. The zero-order valence-corrected chi connectivity index (χ0v) is 16.1. The van der Waals surface area contributed by atoms with Gasteiger partial charge in [0.25, 0.3) is 0 Å². The minimum atomic E-state index is -0.432. The molecule has 0 aliphatic carbocycles. The van der Waals surface area contributed by atoms with E-state index >= 15 is 0 Å². The van der Waals surface area contributed by atoms with Gasteiger partial charge in [0.1, 0.15) is 0 Å². The SMILES string of the molecule is CCOC(=O)c1cccc(NC(=O)C2CC(=O)N(Cc3ccc(C)cc3)C2)c1. The van der Waals surface area contributed by atoms with Crippen molar-refractivity contribution in [1.29, 1.82) is 0 Å². The summed E-state index contributed by atoms with van der Waals surface area (Å²) in [5.74, 6) is -1.09. The maximum Gasteiger partial charge on any atom is 0.338 e. The summed E-state index contributed by atoms with van der Waals surface area (Å²) in [5, 5.41) is 2.81. The quantitative estimate of drug-likeness (QED) is 0.781. The summed E-state index contributed by atoms with van der Waals surface area (Å²) in [5.41, 5.74) is 3.10. The van der Waals surface area contributed by atoms with Crippen LogP contribution in [0.2, 0.25) is 0 Å². The first-order chi connectivity index (χ1) is 13.5. The van der Waals surface area contributed by atoms with Gasteiger partial charge in [0, 0.05) is 25.2 Å². The number of nitrogens with one attached hydrogen (secondary N) is 1. The van der Waals surface area contributed by atoms with E-state index in [0.717, 1.165) is 5.56 Å². The number of aryl methyl sites for hydroxylation is 1. The van der Waals surface area contributed by atoms with Crippen molar-refractivity contribution >= 4 is 23.5 Å². The van der Waals surface area contributed by atoms with Crippen LogP contribution < -0.4 is 5.32 Å². The Morgan fingerprint density at radius 3 is 2.64 bits per heavy atom. The van der Waals surface area contributed by atoms with Crippen molar-refractivity contribution in [3.63, 3.8) is 0 Å². The van der Waals surface area contributed by atoms with E-state index < -0.39 is 11.9 Å². The Balaban J connectivity index is 1.61. The van der Waals surface area contributed by atoms with Crippen LogP contribution in [0.5, 0.6) is 0 Å². The number of amides is 2. The zero-order valence-electron chi connectivity index (χ0n) is 16.1. The van der Waals surface area contributed by atoms with Gasteiger partial charge in [0.05, 0.1) is 18.1 Å². The lowest BCUT2D eigenvalue weighted by Crippen LogP contribution is -2.28. The van der Waals surface area contributed by atoms with Gasteiger partial charge in [-0.2, -0.15) is 0 Å². The molecule has 0 radical (unpaired) electrons. The number of carbonyl (C=O) groups is 3. The monoisotopic (exact) mass is 380 g/mol. The fourth-order valence-electron chi connectivity index (χ4n) is 3.20. The van der Waals surface area contributed by atoms with E-state index in [1.54, 1.807) is 36.1 Å². The van der Waals surface area contributed by atoms with Crippen LogP contribution in [0.1, 0.15) is 34.8 Å². The van der Waals surface area contributed by atoms with Gasteiger partial charge in [-0.1, -0.05) is 35.9 Å². The Kier molecular flexibility index (Phi) is 6.09. The topological polar surface area (TPSA) is 75.7 Å². The Morgan fingerprint density at radius 1 is 1.18 bits per heavy atom. The molecule has 146 valence electrons. The fraction of sp³-hybridized carbons (Fsp3) is 0.318. The summed E-state index contributed by atoms with van der Waals surface area (Å²) >= 11 is 0. The number of esters is 1. The predicted molar refractivity (Wildman–Crippen MR) is 106 cm³/mol. The molecule has 6 nitrogen and oxygen atoms in total. The molecule has 1 atom stereocenters. The van der Waals surface area contributed by atoms with Crippen LogP contribution >= 0.6 is 0 Å². The predicted octanol–water partition coefficient (Wildman–Crippen LogP) is 3.16. The van der Waals surface area contributed by atoms with Crippen LogP contribution in [0.15, 0.2) is 48.5 Å². The highest BCUT2D eigenvalue weighted by molar-refractivity contribution is 5.98. The largest absolute Gasteiger partial charge is 0.462 e. The van der Waals surface area contributed by atoms with Gasteiger partial charge in [-0.05, 0) is 37.6 Å². The first-order valence-corrected chi connectivity index (χ1v) is 9.37. The summed E-state index contributed by atoms with van der Waals surface area (Å²) in [6.07, 6.45) is 0.190. The highest BCUT2D eigenvalue weighted by Crippen LogP contribution is 2.22. The minimum absolute atomic E-state index is 0.0269. The fourth-order valence-corrected chi connectivity index (χ4v) is 3.20. The van der Waals surface area contributed by atoms with E-state index in [9.17, 15) is 14.4 Å². The number of benzene rings is 2. The third kappa shape index (κ3) is 4.76. The molecule has 3 rings (SSSR count). The van der Waals surface area contributed by atoms with Crippen LogP contribution in [0.3, 0.4) is 0 Å². The van der Waals surface area contributed by atoms with Crippen molar-refractivity contribution in [2.24, 2.45) is 5.92 Å². The van der Waals surface area contributed by atoms with Gasteiger partial charge >= 0.3 is 5.97 Å². The van der Waals surface area contributed by atoms with E-state index in [-0.39, 0.29) is 24.8 Å². The molecule has 1 aliphatic heterocycles. The van der Waals surface area contributed by atoms with Gasteiger partial charge in [-0.15, -0.1) is 0 Å². The second-order valence-corrected chi connectivity index (χ2v) is 6.95. The molecule has 1 aliphatic rings. The van der Waals surface area contributed by atoms with E-state index in [2.05, 4.69) is 5.32 Å². The summed E-state index contributed by atoms with van der Waals surface area (Å²) in [7, 11) is 0. The van der Waals surface area contributed by atoms with E-state index in [1.165, 1.54) is 5.56 Å². The lowest BCUT2D eigenvalue weighted by molar-refractivity contribution is -0.128. The molecule has 6 heteroatoms. The molecular weight excluding hydrogens is 356 g/mol. The molecule has 2 aromatic rings. The van der Waals surface area contributed by atoms with Gasteiger partial charge in [0.15, 0.2) is 0 Å². The number of ether oxygens (including phenoxy) is 1. The van der Waals surface area contributed by atoms with E-state index in [4.69, 9.17) is 4.74 Å². The lowest BCUT2D eigenvalue weighted by atomic mass is 10.1. The number of carbonyl (C=O) groups excluding carboxylic acids is 3. The molecule has 1 fully saturated rings. The summed E-state index contributed by atoms with van der Waals surface area (Å²) in [6.45, 7) is 4.93. The molecule has 1 unspecified atom stereocenters. The number of hydrogen-bond acceptors (Lipinski definition) is 4. The number of nitrogens with zero attached hydrogens (tertiary/aromatic N) is 1. The van der Waals surface area contributed by atoms with Crippen molar-refractivity contribution in [2.75, 3.05) is 18.5 Å². The third-order valence-corrected chi connectivity index (χ3v) is 4.72. The Hall–Kier alpha value is -3.15. The van der Waals surface area contributed by atoms with Crippen molar-refractivity contribution in [3.05, 3.63) is 65.2 Å². The standard InChI is InChI=1S/C22H24N2O4/c1-3-28-22(27)17-5-4-6-19(11-17)23-21(26)18-12-20(25)24(14-18)13-16-9-7-15(2)8-10-16/h4-11,18H,3,12-14H2,1-2H3,(H,23,26). The van der Waals surface area contributed by atoms with Crippen LogP contribution in [-0.4, -0.2) is 35.8 Å². The number of likely N-dealkylation sites (tertiary alicyclic amines) is 1. The molecule has 2 amide bonds. The number of anilines is 1. The summed E-state index contributed by atoms with van der Waals surface area (Å²) in [6, 6.07) is 14.6. The average Bonchev–Trinajstić information content (AvgIpc) is 3.05.